The molecule has 14 heavy (non-hydrogen) atoms. The molecule has 2 unspecified atom stereocenters. The van der Waals surface area contributed by atoms with Gasteiger partial charge in [-0.25, -0.2) is 0 Å². The molecule has 84 valence electrons. The second-order valence-corrected chi connectivity index (χ2v) is 4.81. The fourth-order valence-electron chi connectivity index (χ4n) is 2.41. The Bertz CT molecular complexity index is 154. The third-order valence-corrected chi connectivity index (χ3v) is 3.70. The van der Waals surface area contributed by atoms with Crippen molar-refractivity contribution in [2.75, 3.05) is 13.1 Å². The van der Waals surface area contributed by atoms with Crippen molar-refractivity contribution < 1.29 is 0 Å². The number of hydrogen-bond acceptors (Lipinski definition) is 2. The Kier molecular flexibility index (Phi) is 4.90. The van der Waals surface area contributed by atoms with E-state index in [1.54, 1.807) is 0 Å². The predicted molar refractivity (Wildman–Crippen MR) is 62.3 cm³/mol. The van der Waals surface area contributed by atoms with Gasteiger partial charge >= 0.3 is 0 Å². The first kappa shape index (κ1) is 12.0. The van der Waals surface area contributed by atoms with Gasteiger partial charge in [0, 0.05) is 18.6 Å². The maximum Gasteiger partial charge on any atom is 0.00817 e. The zero-order valence-corrected chi connectivity index (χ0v) is 10.00. The summed E-state index contributed by atoms with van der Waals surface area (Å²) in [5.41, 5.74) is 5.96. The molecule has 0 saturated carbocycles. The Labute approximate surface area is 88.8 Å². The summed E-state index contributed by atoms with van der Waals surface area (Å²) >= 11 is 0. The Hall–Kier alpha value is -0.0800. The van der Waals surface area contributed by atoms with E-state index in [1.807, 2.05) is 0 Å². The van der Waals surface area contributed by atoms with Crippen LogP contribution in [0, 0.1) is 5.92 Å². The van der Waals surface area contributed by atoms with E-state index in [0.29, 0.717) is 12.1 Å². The Morgan fingerprint density at radius 2 is 2.00 bits per heavy atom. The zero-order valence-electron chi connectivity index (χ0n) is 10.00. The lowest BCUT2D eigenvalue weighted by Crippen LogP contribution is -2.47. The van der Waals surface area contributed by atoms with E-state index >= 15 is 0 Å². The Morgan fingerprint density at radius 3 is 2.50 bits per heavy atom. The van der Waals surface area contributed by atoms with Crippen LogP contribution in [0.3, 0.4) is 0 Å². The second-order valence-electron chi connectivity index (χ2n) is 4.81. The smallest absolute Gasteiger partial charge is 0.00817 e. The third kappa shape index (κ3) is 3.25. The molecule has 0 aromatic rings. The first-order chi connectivity index (χ1) is 6.67. The minimum Gasteiger partial charge on any atom is -0.328 e. The van der Waals surface area contributed by atoms with Crippen molar-refractivity contribution in [1.82, 2.24) is 4.90 Å². The van der Waals surface area contributed by atoms with Gasteiger partial charge in [-0.15, -0.1) is 0 Å². The molecule has 2 nitrogen and oxygen atoms in total. The minimum absolute atomic E-state index is 0.447. The lowest BCUT2D eigenvalue weighted by atomic mass is 9.95. The summed E-state index contributed by atoms with van der Waals surface area (Å²) in [6.07, 6.45) is 4.99. The molecule has 0 amide bonds. The number of nitrogens with two attached hydrogens (primary N) is 1. The normalized spacial score (nSPS) is 29.8. The van der Waals surface area contributed by atoms with Gasteiger partial charge in [-0.1, -0.05) is 26.7 Å². The van der Waals surface area contributed by atoms with Crippen LogP contribution in [-0.4, -0.2) is 30.1 Å². The maximum absolute atomic E-state index is 5.96. The average Bonchev–Trinajstić information content (AvgIpc) is 2.17. The van der Waals surface area contributed by atoms with Gasteiger partial charge in [0.2, 0.25) is 0 Å². The van der Waals surface area contributed by atoms with E-state index in [2.05, 4.69) is 25.7 Å². The van der Waals surface area contributed by atoms with Gasteiger partial charge in [0.25, 0.3) is 0 Å². The van der Waals surface area contributed by atoms with Gasteiger partial charge < -0.3 is 10.6 Å². The molecule has 1 aliphatic rings. The topological polar surface area (TPSA) is 29.3 Å². The molecule has 0 aromatic heterocycles. The molecule has 1 saturated heterocycles. The zero-order chi connectivity index (χ0) is 10.6. The molecule has 2 N–H and O–H groups in total. The fraction of sp³-hybridized carbons (Fsp3) is 1.00. The van der Waals surface area contributed by atoms with Crippen LogP contribution in [0.1, 0.15) is 46.5 Å². The molecule has 0 spiro atoms. The highest BCUT2D eigenvalue weighted by molar-refractivity contribution is 4.81. The molecule has 0 bridgehead atoms. The summed E-state index contributed by atoms with van der Waals surface area (Å²) < 4.78 is 0. The van der Waals surface area contributed by atoms with Crippen molar-refractivity contribution in [3.63, 3.8) is 0 Å². The molecule has 0 aromatic carbocycles. The van der Waals surface area contributed by atoms with Crippen LogP contribution in [-0.2, 0) is 0 Å². The van der Waals surface area contributed by atoms with Crippen LogP contribution in [0.25, 0.3) is 0 Å². The first-order valence-corrected chi connectivity index (χ1v) is 6.17. The standard InChI is InChI=1S/C12H26N2/c1-4-11(5-2)9-14-7-6-12(13)8-10(14)3/h10-12H,4-9,13H2,1-3H3. The summed E-state index contributed by atoms with van der Waals surface area (Å²) in [6, 6.07) is 1.14. The largest absolute Gasteiger partial charge is 0.328 e. The van der Waals surface area contributed by atoms with Crippen molar-refractivity contribution in [1.29, 1.82) is 0 Å². The van der Waals surface area contributed by atoms with Crippen molar-refractivity contribution in [2.45, 2.75) is 58.5 Å². The maximum atomic E-state index is 5.96. The fourth-order valence-corrected chi connectivity index (χ4v) is 2.41. The summed E-state index contributed by atoms with van der Waals surface area (Å²) in [4.78, 5) is 2.63. The number of likely N-dealkylation sites (tertiary alicyclic amines) is 1. The van der Waals surface area contributed by atoms with Gasteiger partial charge in [-0.2, -0.15) is 0 Å². The van der Waals surface area contributed by atoms with Gasteiger partial charge in [0.05, 0.1) is 0 Å². The Balaban J connectivity index is 2.36. The third-order valence-electron chi connectivity index (χ3n) is 3.70. The molecule has 0 aliphatic carbocycles. The summed E-state index contributed by atoms with van der Waals surface area (Å²) in [6.45, 7) is 9.41. The number of nitrogens with zero attached hydrogens (tertiary/aromatic N) is 1. The van der Waals surface area contributed by atoms with Crippen LogP contribution in [0.5, 0.6) is 0 Å². The highest BCUT2D eigenvalue weighted by Gasteiger charge is 2.24. The van der Waals surface area contributed by atoms with E-state index < -0.39 is 0 Å². The van der Waals surface area contributed by atoms with Crippen LogP contribution in [0.4, 0.5) is 0 Å². The van der Waals surface area contributed by atoms with E-state index in [9.17, 15) is 0 Å². The van der Waals surface area contributed by atoms with E-state index in [4.69, 9.17) is 5.73 Å². The SMILES string of the molecule is CCC(CC)CN1CCC(N)CC1C. The number of rotatable bonds is 4. The highest BCUT2D eigenvalue weighted by Crippen LogP contribution is 2.19. The number of hydrogen-bond donors (Lipinski definition) is 1. The van der Waals surface area contributed by atoms with Crippen molar-refractivity contribution >= 4 is 0 Å². The monoisotopic (exact) mass is 198 g/mol. The molecule has 1 heterocycles. The summed E-state index contributed by atoms with van der Waals surface area (Å²) in [5.74, 6) is 0.881. The molecule has 1 rings (SSSR count). The summed E-state index contributed by atoms with van der Waals surface area (Å²) in [7, 11) is 0. The lowest BCUT2D eigenvalue weighted by Gasteiger charge is -2.38. The number of piperidine rings is 1. The van der Waals surface area contributed by atoms with Crippen molar-refractivity contribution in [2.24, 2.45) is 11.7 Å². The van der Waals surface area contributed by atoms with Gasteiger partial charge in [-0.3, -0.25) is 0 Å². The first-order valence-electron chi connectivity index (χ1n) is 6.17. The van der Waals surface area contributed by atoms with Crippen molar-refractivity contribution in [3.05, 3.63) is 0 Å². The van der Waals surface area contributed by atoms with Crippen LogP contribution >= 0.6 is 0 Å². The van der Waals surface area contributed by atoms with E-state index in [-0.39, 0.29) is 0 Å². The quantitative estimate of drug-likeness (QED) is 0.750. The van der Waals surface area contributed by atoms with Crippen LogP contribution < -0.4 is 5.73 Å². The minimum atomic E-state index is 0.447. The van der Waals surface area contributed by atoms with Gasteiger partial charge in [0.15, 0.2) is 0 Å². The molecule has 1 fully saturated rings. The van der Waals surface area contributed by atoms with Crippen LogP contribution in [0.15, 0.2) is 0 Å². The van der Waals surface area contributed by atoms with Gasteiger partial charge in [0.1, 0.15) is 0 Å². The molecule has 2 atom stereocenters. The highest BCUT2D eigenvalue weighted by atomic mass is 15.2. The van der Waals surface area contributed by atoms with Crippen molar-refractivity contribution in [3.8, 4) is 0 Å². The van der Waals surface area contributed by atoms with E-state index in [0.717, 1.165) is 5.92 Å². The second kappa shape index (κ2) is 5.72. The lowest BCUT2D eigenvalue weighted by molar-refractivity contribution is 0.123. The van der Waals surface area contributed by atoms with E-state index in [1.165, 1.54) is 38.8 Å². The molecule has 2 heteroatoms. The molecular formula is C12H26N2. The summed E-state index contributed by atoms with van der Waals surface area (Å²) in [5, 5.41) is 0. The molecule has 0 radical (unpaired) electrons. The molecular weight excluding hydrogens is 172 g/mol. The molecule has 1 aliphatic heterocycles. The van der Waals surface area contributed by atoms with Gasteiger partial charge in [-0.05, 0) is 32.2 Å². The predicted octanol–water partition coefficient (Wildman–Crippen LogP) is 2.23. The van der Waals surface area contributed by atoms with Crippen LogP contribution in [0.2, 0.25) is 0 Å². The Morgan fingerprint density at radius 1 is 1.36 bits per heavy atom. The average molecular weight is 198 g/mol.